The summed E-state index contributed by atoms with van der Waals surface area (Å²) in [6, 6.07) is 14.3. The Bertz CT molecular complexity index is 1070. The summed E-state index contributed by atoms with van der Waals surface area (Å²) in [4.78, 5) is 16.1. The summed E-state index contributed by atoms with van der Waals surface area (Å²) in [6.45, 7) is 0. The van der Waals surface area contributed by atoms with Gasteiger partial charge in [0, 0.05) is 12.6 Å². The number of benzene rings is 2. The predicted molar refractivity (Wildman–Crippen MR) is 97.6 cm³/mol. The number of rotatable bonds is 6. The molecule has 0 unspecified atom stereocenters. The number of carbonyl (C=O) groups is 1. The molecule has 0 aliphatic heterocycles. The van der Waals surface area contributed by atoms with E-state index in [0.717, 1.165) is 16.3 Å². The fourth-order valence-electron chi connectivity index (χ4n) is 2.39. The van der Waals surface area contributed by atoms with Gasteiger partial charge in [-0.3, -0.25) is 10.1 Å². The quantitative estimate of drug-likeness (QED) is 0.699. The molecular weight excluding hydrogens is 371 g/mol. The zero-order valence-corrected chi connectivity index (χ0v) is 15.3. The molecule has 1 aromatic heterocycles. The Kier molecular flexibility index (Phi) is 5.31. The number of sulfone groups is 1. The van der Waals surface area contributed by atoms with Crippen molar-refractivity contribution in [3.8, 4) is 0 Å². The minimum absolute atomic E-state index is 0.0393. The van der Waals surface area contributed by atoms with Gasteiger partial charge in [0.05, 0.1) is 5.75 Å². The predicted octanol–water partition coefficient (Wildman–Crippen LogP) is 2.22. The second-order valence-corrected chi connectivity index (χ2v) is 7.86. The lowest BCUT2D eigenvalue weighted by molar-refractivity contribution is 0.102. The highest BCUT2D eigenvalue weighted by Crippen LogP contribution is 2.14. The molecule has 1 N–H and O–H groups in total. The maximum absolute atomic E-state index is 13.2. The van der Waals surface area contributed by atoms with Crippen LogP contribution in [0.3, 0.4) is 0 Å². The Morgan fingerprint density at radius 2 is 1.89 bits per heavy atom. The first-order valence-electron chi connectivity index (χ1n) is 8.10. The maximum atomic E-state index is 13.2. The van der Waals surface area contributed by atoms with Crippen molar-refractivity contribution >= 4 is 21.7 Å². The number of anilines is 1. The Hall–Kier alpha value is -3.07. The van der Waals surface area contributed by atoms with Crippen molar-refractivity contribution in [2.75, 3.05) is 11.1 Å². The van der Waals surface area contributed by atoms with E-state index < -0.39 is 21.6 Å². The van der Waals surface area contributed by atoms with Crippen LogP contribution >= 0.6 is 0 Å². The van der Waals surface area contributed by atoms with E-state index in [1.54, 1.807) is 0 Å². The van der Waals surface area contributed by atoms with Crippen LogP contribution in [0.25, 0.3) is 0 Å². The van der Waals surface area contributed by atoms with Crippen LogP contribution in [-0.4, -0.2) is 34.8 Å². The second kappa shape index (κ2) is 7.67. The molecule has 0 spiro atoms. The molecule has 140 valence electrons. The summed E-state index contributed by atoms with van der Waals surface area (Å²) in [7, 11) is -2.26. The summed E-state index contributed by atoms with van der Waals surface area (Å²) in [5, 5.41) is 5.96. The van der Waals surface area contributed by atoms with Crippen molar-refractivity contribution in [1.29, 1.82) is 0 Å². The minimum Gasteiger partial charge on any atom is -0.291 e. The number of hydrogen-bond acceptors (Lipinski definition) is 5. The second-order valence-electron chi connectivity index (χ2n) is 5.86. The fourth-order valence-corrected chi connectivity index (χ4v) is 3.55. The number of nitrogens with zero attached hydrogens (tertiary/aromatic N) is 3. The molecule has 0 aliphatic carbocycles. The highest BCUT2D eigenvalue weighted by atomic mass is 32.2. The maximum Gasteiger partial charge on any atom is 0.268 e. The van der Waals surface area contributed by atoms with Gasteiger partial charge in [-0.2, -0.15) is 4.98 Å². The van der Waals surface area contributed by atoms with Gasteiger partial charge in [-0.1, -0.05) is 36.4 Å². The minimum atomic E-state index is -3.72. The van der Waals surface area contributed by atoms with Crippen molar-refractivity contribution < 1.29 is 17.6 Å². The number of aromatic nitrogens is 3. The Labute approximate surface area is 155 Å². The lowest BCUT2D eigenvalue weighted by Gasteiger charge is -2.03. The number of amides is 1. The van der Waals surface area contributed by atoms with Crippen LogP contribution in [0.1, 0.15) is 15.9 Å². The molecule has 0 fully saturated rings. The fraction of sp³-hybridized carbons (Fsp3) is 0.167. The van der Waals surface area contributed by atoms with E-state index in [9.17, 15) is 17.6 Å². The number of carbonyl (C=O) groups excluding carboxylic acids is 1. The summed E-state index contributed by atoms with van der Waals surface area (Å²) in [5.41, 5.74) is 0.975. The van der Waals surface area contributed by atoms with E-state index in [1.165, 1.54) is 25.2 Å². The third kappa shape index (κ3) is 4.56. The van der Waals surface area contributed by atoms with Crippen molar-refractivity contribution in [3.63, 3.8) is 0 Å². The van der Waals surface area contributed by atoms with Crippen LogP contribution in [0.15, 0.2) is 59.8 Å². The molecule has 0 bridgehead atoms. The summed E-state index contributed by atoms with van der Waals surface area (Å²) in [6.07, 6.45) is 0.326. The lowest BCUT2D eigenvalue weighted by atomic mass is 10.2. The molecule has 1 amide bonds. The average molecular weight is 388 g/mol. The number of aryl methyl sites for hydroxylation is 2. The van der Waals surface area contributed by atoms with E-state index in [0.29, 0.717) is 6.42 Å². The van der Waals surface area contributed by atoms with Crippen LogP contribution in [0.5, 0.6) is 0 Å². The Morgan fingerprint density at radius 3 is 2.59 bits per heavy atom. The van der Waals surface area contributed by atoms with Crippen molar-refractivity contribution in [1.82, 2.24) is 14.8 Å². The van der Waals surface area contributed by atoms with Crippen LogP contribution in [0.2, 0.25) is 0 Å². The van der Waals surface area contributed by atoms with E-state index in [1.807, 2.05) is 30.3 Å². The van der Waals surface area contributed by atoms with Gasteiger partial charge >= 0.3 is 0 Å². The van der Waals surface area contributed by atoms with Crippen molar-refractivity contribution in [2.24, 2.45) is 7.05 Å². The first kappa shape index (κ1) is 18.7. The summed E-state index contributed by atoms with van der Waals surface area (Å²) in [5.74, 6) is -1.36. The molecule has 0 saturated heterocycles. The monoisotopic (exact) mass is 388 g/mol. The van der Waals surface area contributed by atoms with Crippen LogP contribution in [0.4, 0.5) is 10.3 Å². The highest BCUT2D eigenvalue weighted by molar-refractivity contribution is 7.91. The Morgan fingerprint density at radius 1 is 1.15 bits per heavy atom. The van der Waals surface area contributed by atoms with Crippen molar-refractivity contribution in [3.05, 3.63) is 71.5 Å². The van der Waals surface area contributed by atoms with E-state index in [-0.39, 0.29) is 22.4 Å². The zero-order chi connectivity index (χ0) is 19.4. The molecule has 0 saturated carbocycles. The van der Waals surface area contributed by atoms with Crippen LogP contribution in [-0.2, 0) is 23.3 Å². The first-order chi connectivity index (χ1) is 12.8. The van der Waals surface area contributed by atoms with Gasteiger partial charge in [-0.05, 0) is 30.2 Å². The van der Waals surface area contributed by atoms with E-state index in [4.69, 9.17) is 0 Å². The normalized spacial score (nSPS) is 11.3. The van der Waals surface area contributed by atoms with Gasteiger partial charge in [-0.15, -0.1) is 5.10 Å². The van der Waals surface area contributed by atoms with Gasteiger partial charge in [-0.25, -0.2) is 17.5 Å². The highest BCUT2D eigenvalue weighted by Gasteiger charge is 2.23. The SMILES string of the molecule is Cn1nc(S(=O)(=O)CCc2ccccc2)nc1NC(=O)c1cccc(F)c1. The standard InChI is InChI=1S/C18H17FN4O3S/c1-23-17(20-16(24)14-8-5-9-15(19)12-14)21-18(22-23)27(25,26)11-10-13-6-3-2-4-7-13/h2-9,12H,10-11H2,1H3,(H,20,21,22,24). The molecule has 0 aliphatic rings. The van der Waals surface area contributed by atoms with E-state index in [2.05, 4.69) is 15.4 Å². The topological polar surface area (TPSA) is 93.9 Å². The summed E-state index contributed by atoms with van der Waals surface area (Å²) < 4.78 is 39.3. The molecule has 27 heavy (non-hydrogen) atoms. The van der Waals surface area contributed by atoms with Gasteiger partial charge in [0.15, 0.2) is 0 Å². The van der Waals surface area contributed by atoms with Crippen LogP contribution < -0.4 is 5.32 Å². The largest absolute Gasteiger partial charge is 0.291 e. The lowest BCUT2D eigenvalue weighted by Crippen LogP contribution is -2.15. The van der Waals surface area contributed by atoms with Gasteiger partial charge in [0.2, 0.25) is 15.8 Å². The van der Waals surface area contributed by atoms with Gasteiger partial charge < -0.3 is 0 Å². The van der Waals surface area contributed by atoms with E-state index >= 15 is 0 Å². The number of halogens is 1. The van der Waals surface area contributed by atoms with Gasteiger partial charge in [0.1, 0.15) is 5.82 Å². The van der Waals surface area contributed by atoms with Gasteiger partial charge in [0.25, 0.3) is 11.1 Å². The molecular formula is C18H17FN4O3S. The Balaban J connectivity index is 1.74. The molecule has 2 aromatic carbocycles. The third-order valence-electron chi connectivity index (χ3n) is 3.84. The number of nitrogens with one attached hydrogen (secondary N) is 1. The van der Waals surface area contributed by atoms with Crippen LogP contribution in [0, 0.1) is 5.82 Å². The molecule has 3 aromatic rings. The first-order valence-corrected chi connectivity index (χ1v) is 9.75. The molecule has 3 rings (SSSR count). The zero-order valence-electron chi connectivity index (χ0n) is 14.5. The molecule has 0 atom stereocenters. The van der Waals surface area contributed by atoms with Crippen molar-refractivity contribution in [2.45, 2.75) is 11.6 Å². The third-order valence-corrected chi connectivity index (χ3v) is 5.31. The molecule has 1 heterocycles. The average Bonchev–Trinajstić information content (AvgIpc) is 3.02. The molecule has 7 nitrogen and oxygen atoms in total. The molecule has 9 heteroatoms. The molecule has 0 radical (unpaired) electrons. The summed E-state index contributed by atoms with van der Waals surface area (Å²) >= 11 is 0. The smallest absolute Gasteiger partial charge is 0.268 e. The number of hydrogen-bond donors (Lipinski definition) is 1.